The van der Waals surface area contributed by atoms with Gasteiger partial charge in [0.25, 0.3) is 5.91 Å². The molecule has 0 aliphatic heterocycles. The number of hydrogen-bond acceptors (Lipinski definition) is 5. The van der Waals surface area contributed by atoms with Gasteiger partial charge in [0.05, 0.1) is 11.4 Å². The van der Waals surface area contributed by atoms with Crippen molar-refractivity contribution < 1.29 is 14.3 Å². The van der Waals surface area contributed by atoms with Crippen LogP contribution in [0.4, 0.5) is 0 Å². The van der Waals surface area contributed by atoms with Crippen LogP contribution in [0.3, 0.4) is 0 Å². The van der Waals surface area contributed by atoms with Gasteiger partial charge >= 0.3 is 5.97 Å². The van der Waals surface area contributed by atoms with Crippen LogP contribution in [0, 0.1) is 6.92 Å². The summed E-state index contributed by atoms with van der Waals surface area (Å²) >= 11 is 5.94. The van der Waals surface area contributed by atoms with E-state index in [-0.39, 0.29) is 24.2 Å². The number of ether oxygens (including phenoxy) is 1. The van der Waals surface area contributed by atoms with Crippen LogP contribution >= 0.6 is 11.6 Å². The summed E-state index contributed by atoms with van der Waals surface area (Å²) < 4.78 is 5.00. The van der Waals surface area contributed by atoms with Gasteiger partial charge in [0.2, 0.25) is 0 Å². The van der Waals surface area contributed by atoms with E-state index in [2.05, 4.69) is 15.5 Å². The first kappa shape index (κ1) is 17.9. The van der Waals surface area contributed by atoms with E-state index in [0.717, 1.165) is 6.42 Å². The second-order valence-corrected chi connectivity index (χ2v) is 5.79. The van der Waals surface area contributed by atoms with E-state index in [1.54, 1.807) is 31.2 Å². The zero-order valence-corrected chi connectivity index (χ0v) is 14.5. The molecule has 1 atom stereocenters. The quantitative estimate of drug-likeness (QED) is 0.808. The molecule has 0 unspecified atom stereocenters. The van der Waals surface area contributed by atoms with E-state index in [1.165, 1.54) is 4.80 Å². The van der Waals surface area contributed by atoms with Crippen molar-refractivity contribution >= 4 is 23.5 Å². The molecule has 8 heteroatoms. The molecule has 1 aromatic heterocycles. The predicted octanol–water partition coefficient (Wildman–Crippen LogP) is 2.30. The fourth-order valence-corrected chi connectivity index (χ4v) is 2.09. The molecule has 0 bridgehead atoms. The molecule has 0 saturated carbocycles. The number of carbonyl (C=O) groups is 2. The molecule has 1 N–H and O–H groups in total. The van der Waals surface area contributed by atoms with E-state index in [9.17, 15) is 9.59 Å². The fourth-order valence-electron chi connectivity index (χ4n) is 1.90. The number of benzene rings is 1. The molecule has 128 valence electrons. The minimum absolute atomic E-state index is 0.0293. The third-order valence-corrected chi connectivity index (χ3v) is 3.60. The van der Waals surface area contributed by atoms with Crippen LogP contribution < -0.4 is 5.32 Å². The molecule has 1 aromatic carbocycles. The number of amides is 1. The molecule has 1 amide bonds. The smallest absolute Gasteiger partial charge is 0.361 e. The van der Waals surface area contributed by atoms with Crippen molar-refractivity contribution in [1.29, 1.82) is 0 Å². The number of aromatic nitrogens is 3. The number of aryl methyl sites for hydroxylation is 1. The Kier molecular flexibility index (Phi) is 5.92. The summed E-state index contributed by atoms with van der Waals surface area (Å²) in [5, 5.41) is 11.5. The van der Waals surface area contributed by atoms with Crippen molar-refractivity contribution in [2.24, 2.45) is 0 Å². The number of hydrogen-bond donors (Lipinski definition) is 1. The molecule has 7 nitrogen and oxygen atoms in total. The van der Waals surface area contributed by atoms with Crippen LogP contribution in [0.5, 0.6) is 0 Å². The number of esters is 1. The van der Waals surface area contributed by atoms with Gasteiger partial charge in [-0.25, -0.2) is 4.79 Å². The number of rotatable bonds is 6. The van der Waals surface area contributed by atoms with Crippen molar-refractivity contribution in [3.63, 3.8) is 0 Å². The Balaban J connectivity index is 2.04. The lowest BCUT2D eigenvalue weighted by molar-refractivity contribution is -0.124. The van der Waals surface area contributed by atoms with E-state index in [0.29, 0.717) is 16.4 Å². The van der Waals surface area contributed by atoms with Crippen LogP contribution in [-0.4, -0.2) is 39.5 Å². The van der Waals surface area contributed by atoms with Crippen molar-refractivity contribution in [1.82, 2.24) is 20.3 Å². The van der Waals surface area contributed by atoms with Crippen LogP contribution in [0.2, 0.25) is 5.02 Å². The highest BCUT2D eigenvalue weighted by molar-refractivity contribution is 6.30. The zero-order valence-electron chi connectivity index (χ0n) is 13.7. The maximum Gasteiger partial charge on any atom is 0.361 e. The Morgan fingerprint density at radius 3 is 2.79 bits per heavy atom. The minimum Gasteiger partial charge on any atom is -0.451 e. The molecular weight excluding hydrogens is 332 g/mol. The molecule has 0 aliphatic rings. The van der Waals surface area contributed by atoms with Crippen LogP contribution in [0.15, 0.2) is 24.3 Å². The van der Waals surface area contributed by atoms with Gasteiger partial charge < -0.3 is 10.1 Å². The molecule has 0 fully saturated rings. The summed E-state index contributed by atoms with van der Waals surface area (Å²) in [4.78, 5) is 25.0. The lowest BCUT2D eigenvalue weighted by Gasteiger charge is -2.10. The van der Waals surface area contributed by atoms with Crippen LogP contribution in [-0.2, 0) is 9.53 Å². The highest BCUT2D eigenvalue weighted by Crippen LogP contribution is 2.14. The Hall–Kier alpha value is -2.41. The molecule has 0 aliphatic carbocycles. The van der Waals surface area contributed by atoms with Gasteiger partial charge in [-0.05, 0) is 38.5 Å². The van der Waals surface area contributed by atoms with E-state index < -0.39 is 5.97 Å². The number of carbonyl (C=O) groups excluding carboxylic acids is 2. The fraction of sp³-hybridized carbons (Fsp3) is 0.375. The van der Waals surface area contributed by atoms with Crippen molar-refractivity contribution in [3.05, 3.63) is 40.7 Å². The average molecular weight is 351 g/mol. The molecule has 1 heterocycles. The highest BCUT2D eigenvalue weighted by Gasteiger charge is 2.19. The van der Waals surface area contributed by atoms with E-state index in [1.807, 2.05) is 13.8 Å². The topological polar surface area (TPSA) is 86.1 Å². The third-order valence-electron chi connectivity index (χ3n) is 3.37. The van der Waals surface area contributed by atoms with Crippen LogP contribution in [0.1, 0.15) is 36.5 Å². The van der Waals surface area contributed by atoms with E-state index in [4.69, 9.17) is 16.3 Å². The standard InChI is InChI=1S/C16H19ClN4O3/c1-4-10(2)18-14(22)9-24-16(23)15-11(3)19-21(20-15)13-7-5-6-12(17)8-13/h5-8,10H,4,9H2,1-3H3,(H,18,22)/t10-/m1/s1. The van der Waals surface area contributed by atoms with Gasteiger partial charge in [0.1, 0.15) is 0 Å². The van der Waals surface area contributed by atoms with Gasteiger partial charge in [-0.1, -0.05) is 24.6 Å². The Labute approximate surface area is 144 Å². The highest BCUT2D eigenvalue weighted by atomic mass is 35.5. The van der Waals surface area contributed by atoms with Crippen molar-refractivity contribution in [3.8, 4) is 5.69 Å². The summed E-state index contributed by atoms with van der Waals surface area (Å²) in [6, 6.07) is 6.96. The van der Waals surface area contributed by atoms with Gasteiger partial charge in [-0.15, -0.1) is 5.10 Å². The molecular formula is C16H19ClN4O3. The summed E-state index contributed by atoms with van der Waals surface area (Å²) in [5.41, 5.74) is 1.09. The first-order chi connectivity index (χ1) is 11.4. The van der Waals surface area contributed by atoms with Gasteiger partial charge in [0.15, 0.2) is 12.3 Å². The first-order valence-electron chi connectivity index (χ1n) is 7.57. The predicted molar refractivity (Wildman–Crippen MR) is 89.3 cm³/mol. The summed E-state index contributed by atoms with van der Waals surface area (Å²) in [7, 11) is 0. The monoisotopic (exact) mass is 350 g/mol. The molecule has 0 saturated heterocycles. The maximum atomic E-state index is 12.1. The third kappa shape index (κ3) is 4.55. The SMILES string of the molecule is CC[C@@H](C)NC(=O)COC(=O)c1nn(-c2cccc(Cl)c2)nc1C. The Morgan fingerprint density at radius 1 is 1.38 bits per heavy atom. The second-order valence-electron chi connectivity index (χ2n) is 5.36. The van der Waals surface area contributed by atoms with E-state index >= 15 is 0 Å². The van der Waals surface area contributed by atoms with Crippen LogP contribution in [0.25, 0.3) is 5.69 Å². The van der Waals surface area contributed by atoms with Crippen molar-refractivity contribution in [2.75, 3.05) is 6.61 Å². The summed E-state index contributed by atoms with van der Waals surface area (Å²) in [6.07, 6.45) is 0.798. The summed E-state index contributed by atoms with van der Waals surface area (Å²) in [6.45, 7) is 5.12. The Morgan fingerprint density at radius 2 is 2.12 bits per heavy atom. The van der Waals surface area contributed by atoms with Gasteiger partial charge in [-0.3, -0.25) is 4.79 Å². The molecule has 0 spiro atoms. The molecule has 0 radical (unpaired) electrons. The number of nitrogens with zero attached hydrogens (tertiary/aromatic N) is 3. The summed E-state index contributed by atoms with van der Waals surface area (Å²) in [5.74, 6) is -1.04. The largest absolute Gasteiger partial charge is 0.451 e. The van der Waals surface area contributed by atoms with Gasteiger partial charge in [-0.2, -0.15) is 9.90 Å². The molecule has 2 rings (SSSR count). The van der Waals surface area contributed by atoms with Gasteiger partial charge in [0, 0.05) is 11.1 Å². The molecule has 24 heavy (non-hydrogen) atoms. The molecule has 2 aromatic rings. The Bertz CT molecular complexity index is 745. The number of nitrogens with one attached hydrogen (secondary N) is 1. The first-order valence-corrected chi connectivity index (χ1v) is 7.95. The zero-order chi connectivity index (χ0) is 17.7. The lowest BCUT2D eigenvalue weighted by atomic mass is 10.2. The minimum atomic E-state index is -0.694. The number of halogens is 1. The normalized spacial score (nSPS) is 11.8. The van der Waals surface area contributed by atoms with Crippen molar-refractivity contribution in [2.45, 2.75) is 33.2 Å². The maximum absolute atomic E-state index is 12.1. The lowest BCUT2D eigenvalue weighted by Crippen LogP contribution is -2.35. The average Bonchev–Trinajstić information content (AvgIpc) is 2.94. The second kappa shape index (κ2) is 7.92.